The Hall–Kier alpha value is -3.10. The fraction of sp³-hybridized carbons (Fsp3) is 0.650. The van der Waals surface area contributed by atoms with E-state index in [0.29, 0.717) is 24.1 Å². The molecule has 0 saturated heterocycles. The lowest BCUT2D eigenvalue weighted by Gasteiger charge is -2.24. The third-order valence-electron chi connectivity index (χ3n) is 11.0. The molecule has 0 bridgehead atoms. The monoisotopic (exact) mass is 981 g/mol. The molecule has 0 aliphatic carbocycles. The molecule has 0 spiro atoms. The molecular formula is C60H103NO7P+. The predicted molar refractivity (Wildman–Crippen MR) is 297 cm³/mol. The van der Waals surface area contributed by atoms with Crippen LogP contribution >= 0.6 is 7.82 Å². The van der Waals surface area contributed by atoms with Crippen LogP contribution in [0.25, 0.3) is 0 Å². The molecule has 0 rings (SSSR count). The number of carbonyl (C=O) groups is 1. The topological polar surface area (TPSA) is 91.3 Å². The van der Waals surface area contributed by atoms with Crippen molar-refractivity contribution >= 4 is 13.8 Å². The number of unbranched alkanes of at least 4 members (excludes halogenated alkanes) is 15. The largest absolute Gasteiger partial charge is 0.472 e. The van der Waals surface area contributed by atoms with Gasteiger partial charge < -0.3 is 18.9 Å². The fourth-order valence-corrected chi connectivity index (χ4v) is 7.57. The molecule has 0 amide bonds. The Bertz CT molecular complexity index is 1510. The van der Waals surface area contributed by atoms with Crippen molar-refractivity contribution in [2.24, 2.45) is 0 Å². The minimum atomic E-state index is -4.31. The number of nitrogens with zero attached hydrogens (tertiary/aromatic N) is 1. The third-order valence-corrected chi connectivity index (χ3v) is 12.0. The number of hydrogen-bond donors (Lipinski definition) is 1. The fourth-order valence-electron chi connectivity index (χ4n) is 6.83. The quantitative estimate of drug-likeness (QED) is 0.0213. The average molecular weight is 981 g/mol. The number of rotatable bonds is 49. The molecule has 8 nitrogen and oxygen atoms in total. The van der Waals surface area contributed by atoms with E-state index in [-0.39, 0.29) is 25.8 Å². The standard InChI is InChI=1S/C60H102NO7P/c1-6-8-10-12-14-16-18-20-22-24-26-28-29-30-31-32-34-36-38-40-42-44-46-48-50-52-55-65-57-59(58-67-69(63,64)66-56-54-61(3,4)5)68-60(62)53-51-49-47-45-43-41-39-37-35-33-27-25-23-21-19-17-15-13-11-9-7-2/h8,10,14,16,19-22,25-28,30-31,34-37,40,42,59H,6-7,9,11-13,15,17-18,23-24,29,32-33,38-39,41,43-58H2,1-5H3/p+1/b10-8-,16-14-,21-19-,22-20-,27-25-,28-26-,31-30-,36-34-,37-35-,42-40-. The van der Waals surface area contributed by atoms with Crippen LogP contribution in [-0.4, -0.2) is 75.6 Å². The van der Waals surface area contributed by atoms with E-state index >= 15 is 0 Å². The molecular weight excluding hydrogens is 878 g/mol. The molecule has 2 atom stereocenters. The second-order valence-electron chi connectivity index (χ2n) is 18.9. The van der Waals surface area contributed by atoms with E-state index in [9.17, 15) is 14.3 Å². The van der Waals surface area contributed by atoms with Gasteiger partial charge in [-0.25, -0.2) is 4.57 Å². The first-order valence-corrected chi connectivity index (χ1v) is 28.8. The first-order chi connectivity index (χ1) is 33.6. The second-order valence-corrected chi connectivity index (χ2v) is 20.3. The van der Waals surface area contributed by atoms with Gasteiger partial charge in [0.1, 0.15) is 19.3 Å². The summed E-state index contributed by atoms with van der Waals surface area (Å²) in [5.74, 6) is -0.340. The summed E-state index contributed by atoms with van der Waals surface area (Å²) in [6, 6.07) is 0. The summed E-state index contributed by atoms with van der Waals surface area (Å²) in [4.78, 5) is 23.0. The average Bonchev–Trinajstić information content (AvgIpc) is 3.31. The first-order valence-electron chi connectivity index (χ1n) is 27.3. The van der Waals surface area contributed by atoms with E-state index < -0.39 is 13.9 Å². The van der Waals surface area contributed by atoms with Crippen LogP contribution < -0.4 is 0 Å². The van der Waals surface area contributed by atoms with Crippen molar-refractivity contribution in [3.05, 3.63) is 122 Å². The maximum absolute atomic E-state index is 12.8. The molecule has 0 aliphatic heterocycles. The summed E-state index contributed by atoms with van der Waals surface area (Å²) in [5, 5.41) is 0. The highest BCUT2D eigenvalue weighted by Gasteiger charge is 2.26. The SMILES string of the molecule is CC/C=C\C/C=C\C/C=C\C/C=C\C/C=C\C/C=C\C/C=C\CCCCCCOCC(COP(=O)(O)OCC[N+](C)(C)C)OC(=O)CCCCCCCC/C=C\C/C=C\C/C=C\CCCCCCC. The number of phosphoric ester groups is 1. The molecule has 9 heteroatoms. The zero-order chi connectivity index (χ0) is 50.5. The molecule has 0 saturated carbocycles. The lowest BCUT2D eigenvalue weighted by molar-refractivity contribution is -0.870. The van der Waals surface area contributed by atoms with Crippen molar-refractivity contribution < 1.29 is 37.3 Å². The van der Waals surface area contributed by atoms with E-state index in [1.165, 1.54) is 51.4 Å². The molecule has 69 heavy (non-hydrogen) atoms. The number of phosphoric acid groups is 1. The van der Waals surface area contributed by atoms with Crippen molar-refractivity contribution in [2.75, 3.05) is 54.1 Å². The van der Waals surface area contributed by atoms with Crippen LogP contribution in [-0.2, 0) is 27.9 Å². The number of allylic oxidation sites excluding steroid dienone is 20. The van der Waals surface area contributed by atoms with Gasteiger partial charge >= 0.3 is 13.8 Å². The molecule has 2 unspecified atom stereocenters. The van der Waals surface area contributed by atoms with Crippen LogP contribution in [0.2, 0.25) is 0 Å². The Morgan fingerprint density at radius 3 is 1.26 bits per heavy atom. The van der Waals surface area contributed by atoms with Gasteiger partial charge in [-0.05, 0) is 109 Å². The Labute approximate surface area is 424 Å². The van der Waals surface area contributed by atoms with Gasteiger partial charge in [0.2, 0.25) is 0 Å². The molecule has 0 heterocycles. The number of carbonyl (C=O) groups excluding carboxylic acids is 1. The van der Waals surface area contributed by atoms with Gasteiger partial charge in [-0.15, -0.1) is 0 Å². The van der Waals surface area contributed by atoms with Crippen LogP contribution in [0.3, 0.4) is 0 Å². The number of hydrogen-bond acceptors (Lipinski definition) is 6. The van der Waals surface area contributed by atoms with E-state index in [1.54, 1.807) is 0 Å². The molecule has 0 fully saturated rings. The zero-order valence-electron chi connectivity index (χ0n) is 44.8. The molecule has 0 aliphatic rings. The smallest absolute Gasteiger partial charge is 0.457 e. The summed E-state index contributed by atoms with van der Waals surface area (Å²) in [6.07, 6.45) is 73.9. The van der Waals surface area contributed by atoms with Crippen LogP contribution in [0.5, 0.6) is 0 Å². The molecule has 0 aromatic rings. The van der Waals surface area contributed by atoms with Gasteiger partial charge in [0.25, 0.3) is 0 Å². The Kier molecular flexibility index (Phi) is 49.0. The summed E-state index contributed by atoms with van der Waals surface area (Å²) in [6.45, 7) is 5.39. The Morgan fingerprint density at radius 2 is 0.841 bits per heavy atom. The summed E-state index contributed by atoms with van der Waals surface area (Å²) in [7, 11) is 1.62. The number of quaternary nitrogens is 1. The van der Waals surface area contributed by atoms with E-state index in [1.807, 2.05) is 21.1 Å². The van der Waals surface area contributed by atoms with Crippen LogP contribution in [0.4, 0.5) is 0 Å². The van der Waals surface area contributed by atoms with Gasteiger partial charge in [0.15, 0.2) is 0 Å². The number of likely N-dealkylation sites (N-methyl/N-ethyl adjacent to an activating group) is 1. The Balaban J connectivity index is 4.25. The maximum atomic E-state index is 12.8. The van der Waals surface area contributed by atoms with Gasteiger partial charge in [-0.1, -0.05) is 200 Å². The minimum absolute atomic E-state index is 0.0729. The third kappa shape index (κ3) is 55.7. The van der Waals surface area contributed by atoms with E-state index in [2.05, 4.69) is 135 Å². The van der Waals surface area contributed by atoms with Gasteiger partial charge in [-0.2, -0.15) is 0 Å². The normalized spacial score (nSPS) is 14.5. The lowest BCUT2D eigenvalue weighted by atomic mass is 10.1. The first kappa shape index (κ1) is 65.9. The molecule has 394 valence electrons. The number of ether oxygens (including phenoxy) is 2. The highest BCUT2D eigenvalue weighted by Crippen LogP contribution is 2.43. The van der Waals surface area contributed by atoms with Crippen LogP contribution in [0.1, 0.15) is 194 Å². The molecule has 1 N–H and O–H groups in total. The molecule has 0 aromatic heterocycles. The highest BCUT2D eigenvalue weighted by atomic mass is 31.2. The van der Waals surface area contributed by atoms with Crippen molar-refractivity contribution in [2.45, 2.75) is 200 Å². The maximum Gasteiger partial charge on any atom is 0.472 e. The lowest BCUT2D eigenvalue weighted by Crippen LogP contribution is -2.37. The summed E-state index contributed by atoms with van der Waals surface area (Å²) in [5.41, 5.74) is 0. The van der Waals surface area contributed by atoms with Crippen LogP contribution in [0.15, 0.2) is 122 Å². The molecule has 0 radical (unpaired) electrons. The second kappa shape index (κ2) is 51.3. The van der Waals surface area contributed by atoms with Crippen molar-refractivity contribution in [3.8, 4) is 0 Å². The highest BCUT2D eigenvalue weighted by molar-refractivity contribution is 7.47. The van der Waals surface area contributed by atoms with Gasteiger partial charge in [0, 0.05) is 13.0 Å². The predicted octanol–water partition coefficient (Wildman–Crippen LogP) is 17.3. The zero-order valence-corrected chi connectivity index (χ0v) is 45.6. The van der Waals surface area contributed by atoms with E-state index in [4.69, 9.17) is 18.5 Å². The Morgan fingerprint density at radius 1 is 0.464 bits per heavy atom. The summed E-state index contributed by atoms with van der Waals surface area (Å²) >= 11 is 0. The van der Waals surface area contributed by atoms with E-state index in [0.717, 1.165) is 122 Å². The molecule has 0 aromatic carbocycles. The van der Waals surface area contributed by atoms with Crippen molar-refractivity contribution in [1.29, 1.82) is 0 Å². The minimum Gasteiger partial charge on any atom is -0.457 e. The van der Waals surface area contributed by atoms with Gasteiger partial charge in [0.05, 0.1) is 34.4 Å². The van der Waals surface area contributed by atoms with Crippen molar-refractivity contribution in [3.63, 3.8) is 0 Å². The number of esters is 1. The van der Waals surface area contributed by atoms with Crippen LogP contribution in [0, 0.1) is 0 Å². The van der Waals surface area contributed by atoms with Crippen molar-refractivity contribution in [1.82, 2.24) is 0 Å². The summed E-state index contributed by atoms with van der Waals surface area (Å²) < 4.78 is 35.2. The van der Waals surface area contributed by atoms with Gasteiger partial charge in [-0.3, -0.25) is 13.8 Å².